The molecule has 0 bridgehead atoms. The Hall–Kier alpha value is -3.32. The first-order chi connectivity index (χ1) is 15.1. The number of nitrogens with one attached hydrogen (secondary N) is 2. The van der Waals surface area contributed by atoms with E-state index in [-0.39, 0.29) is 6.04 Å². The minimum absolute atomic E-state index is 0.103. The Bertz CT molecular complexity index is 1040. The third-order valence-corrected chi connectivity index (χ3v) is 5.46. The van der Waals surface area contributed by atoms with Crippen molar-refractivity contribution in [2.45, 2.75) is 32.4 Å². The molecule has 1 aliphatic heterocycles. The van der Waals surface area contributed by atoms with Crippen LogP contribution in [-0.2, 0) is 11.3 Å². The highest BCUT2D eigenvalue weighted by molar-refractivity contribution is 5.95. The third kappa shape index (κ3) is 5.44. The van der Waals surface area contributed by atoms with E-state index in [1.807, 2.05) is 6.07 Å². The molecule has 162 valence electrons. The third-order valence-electron chi connectivity index (χ3n) is 5.46. The number of nitrogens with zero attached hydrogens (tertiary/aromatic N) is 1. The molecule has 0 aliphatic carbocycles. The first-order valence-corrected chi connectivity index (χ1v) is 10.6. The van der Waals surface area contributed by atoms with Crippen LogP contribution in [0.1, 0.15) is 35.8 Å². The van der Waals surface area contributed by atoms with Crippen LogP contribution < -0.4 is 10.1 Å². The maximum absolute atomic E-state index is 12.4. The lowest BCUT2D eigenvalue weighted by Crippen LogP contribution is -2.45. The number of ether oxygens (including phenoxy) is 2. The minimum Gasteiger partial charge on any atom is -0.461 e. The van der Waals surface area contributed by atoms with Gasteiger partial charge in [-0.1, -0.05) is 30.3 Å². The molecule has 31 heavy (non-hydrogen) atoms. The number of H-pyrrole nitrogens is 1. The summed E-state index contributed by atoms with van der Waals surface area (Å²) in [4.78, 5) is 29.6. The van der Waals surface area contributed by atoms with Gasteiger partial charge in [-0.15, -0.1) is 0 Å². The van der Waals surface area contributed by atoms with Gasteiger partial charge in [0.25, 0.3) is 0 Å². The van der Waals surface area contributed by atoms with Gasteiger partial charge in [-0.2, -0.15) is 0 Å². The van der Waals surface area contributed by atoms with Crippen molar-refractivity contribution in [3.8, 4) is 5.75 Å². The zero-order chi connectivity index (χ0) is 21.6. The SMILES string of the molecule is CCOC(=O)c1cc2cc(OC(=O)NC3CCN(Cc4ccccc4)CC3)ccc2[nH]1. The molecule has 2 N–H and O–H groups in total. The van der Waals surface area contributed by atoms with Gasteiger partial charge in [0, 0.05) is 36.6 Å². The van der Waals surface area contributed by atoms with E-state index >= 15 is 0 Å². The van der Waals surface area contributed by atoms with Crippen molar-refractivity contribution < 1.29 is 19.1 Å². The molecule has 1 aromatic heterocycles. The number of hydrogen-bond donors (Lipinski definition) is 2. The first-order valence-electron chi connectivity index (χ1n) is 10.6. The van der Waals surface area contributed by atoms with E-state index in [0.29, 0.717) is 18.1 Å². The van der Waals surface area contributed by atoms with Crippen molar-refractivity contribution in [3.63, 3.8) is 0 Å². The zero-order valence-electron chi connectivity index (χ0n) is 17.6. The summed E-state index contributed by atoms with van der Waals surface area (Å²) in [5.74, 6) is 0.0263. The van der Waals surface area contributed by atoms with Crippen LogP contribution in [0.2, 0.25) is 0 Å². The van der Waals surface area contributed by atoms with Crippen LogP contribution in [0.5, 0.6) is 5.75 Å². The second kappa shape index (κ2) is 9.66. The molecule has 2 heterocycles. The Morgan fingerprint density at radius 3 is 2.61 bits per heavy atom. The minimum atomic E-state index is -0.456. The maximum Gasteiger partial charge on any atom is 0.412 e. The standard InChI is InChI=1S/C24H27N3O4/c1-2-30-23(28)22-15-18-14-20(8-9-21(18)26-22)31-24(29)25-19-10-12-27(13-11-19)16-17-6-4-3-5-7-17/h3-9,14-15,19,26H,2,10-13,16H2,1H3,(H,25,29). The monoisotopic (exact) mass is 421 g/mol. The van der Waals surface area contributed by atoms with Crippen molar-refractivity contribution in [1.82, 2.24) is 15.2 Å². The van der Waals surface area contributed by atoms with E-state index in [0.717, 1.165) is 43.4 Å². The summed E-state index contributed by atoms with van der Waals surface area (Å²) in [5.41, 5.74) is 2.46. The van der Waals surface area contributed by atoms with Crippen LogP contribution in [0.4, 0.5) is 4.79 Å². The van der Waals surface area contributed by atoms with Gasteiger partial charge in [0.2, 0.25) is 0 Å². The highest BCUT2D eigenvalue weighted by atomic mass is 16.6. The van der Waals surface area contributed by atoms with Gasteiger partial charge in [0.1, 0.15) is 11.4 Å². The fraction of sp³-hybridized carbons (Fsp3) is 0.333. The zero-order valence-corrected chi connectivity index (χ0v) is 17.6. The number of esters is 1. The predicted octanol–water partition coefficient (Wildman–Crippen LogP) is 4.10. The molecule has 7 nitrogen and oxygen atoms in total. The predicted molar refractivity (Wildman–Crippen MR) is 118 cm³/mol. The summed E-state index contributed by atoms with van der Waals surface area (Å²) in [5, 5.41) is 3.75. The summed E-state index contributed by atoms with van der Waals surface area (Å²) < 4.78 is 10.5. The van der Waals surface area contributed by atoms with Crippen LogP contribution in [0.15, 0.2) is 54.6 Å². The molecule has 2 aromatic carbocycles. The number of aromatic amines is 1. The van der Waals surface area contributed by atoms with Gasteiger partial charge in [0.05, 0.1) is 6.61 Å². The highest BCUT2D eigenvalue weighted by Gasteiger charge is 2.21. The maximum atomic E-state index is 12.4. The quantitative estimate of drug-likeness (QED) is 0.586. The largest absolute Gasteiger partial charge is 0.461 e. The number of amides is 1. The number of fused-ring (bicyclic) bond motifs is 1. The van der Waals surface area contributed by atoms with Gasteiger partial charge in [-0.25, -0.2) is 9.59 Å². The average molecular weight is 421 g/mol. The van der Waals surface area contributed by atoms with E-state index in [1.54, 1.807) is 31.2 Å². The Balaban J connectivity index is 1.28. The van der Waals surface area contributed by atoms with Gasteiger partial charge in [-0.3, -0.25) is 4.90 Å². The van der Waals surface area contributed by atoms with E-state index in [2.05, 4.69) is 39.5 Å². The normalized spacial score (nSPS) is 15.0. The van der Waals surface area contributed by atoms with Gasteiger partial charge in [0.15, 0.2) is 0 Å². The highest BCUT2D eigenvalue weighted by Crippen LogP contribution is 2.22. The number of carbonyl (C=O) groups is 2. The molecule has 0 atom stereocenters. The van der Waals surface area contributed by atoms with Gasteiger partial charge < -0.3 is 19.8 Å². The van der Waals surface area contributed by atoms with Crippen LogP contribution >= 0.6 is 0 Å². The second-order valence-corrected chi connectivity index (χ2v) is 7.72. The van der Waals surface area contributed by atoms with Gasteiger partial charge >= 0.3 is 12.1 Å². The Morgan fingerprint density at radius 1 is 1.10 bits per heavy atom. The fourth-order valence-electron chi connectivity index (χ4n) is 3.87. The van der Waals surface area contributed by atoms with E-state index in [1.165, 1.54) is 5.56 Å². The molecular weight excluding hydrogens is 394 g/mol. The molecule has 4 rings (SSSR count). The summed E-state index contributed by atoms with van der Waals surface area (Å²) >= 11 is 0. The molecule has 3 aromatic rings. The van der Waals surface area contributed by atoms with Crippen molar-refractivity contribution in [2.24, 2.45) is 0 Å². The lowest BCUT2D eigenvalue weighted by atomic mass is 10.0. The lowest BCUT2D eigenvalue weighted by molar-refractivity contribution is 0.0520. The Morgan fingerprint density at radius 2 is 1.87 bits per heavy atom. The number of aromatic nitrogens is 1. The van der Waals surface area contributed by atoms with E-state index in [4.69, 9.17) is 9.47 Å². The number of benzene rings is 2. The van der Waals surface area contributed by atoms with Crippen LogP contribution in [-0.4, -0.2) is 47.7 Å². The van der Waals surface area contributed by atoms with E-state index in [9.17, 15) is 9.59 Å². The summed E-state index contributed by atoms with van der Waals surface area (Å²) in [6, 6.07) is 17.4. The van der Waals surface area contributed by atoms with Crippen molar-refractivity contribution in [1.29, 1.82) is 0 Å². The molecule has 0 radical (unpaired) electrons. The molecule has 0 saturated carbocycles. The first kappa shape index (κ1) is 20.9. The summed E-state index contributed by atoms with van der Waals surface area (Å²) in [6.45, 7) is 4.88. The number of likely N-dealkylation sites (tertiary alicyclic amines) is 1. The number of piperidine rings is 1. The number of rotatable bonds is 6. The van der Waals surface area contributed by atoms with Gasteiger partial charge in [-0.05, 0) is 49.6 Å². The number of carbonyl (C=O) groups excluding carboxylic acids is 2. The number of hydrogen-bond acceptors (Lipinski definition) is 5. The molecule has 1 fully saturated rings. The fourth-order valence-corrected chi connectivity index (χ4v) is 3.87. The average Bonchev–Trinajstić information content (AvgIpc) is 3.20. The molecule has 0 unspecified atom stereocenters. The Kier molecular flexibility index (Phi) is 6.52. The molecule has 7 heteroatoms. The summed E-state index contributed by atoms with van der Waals surface area (Å²) in [6.07, 6.45) is 1.32. The lowest BCUT2D eigenvalue weighted by Gasteiger charge is -2.32. The van der Waals surface area contributed by atoms with Crippen molar-refractivity contribution in [3.05, 3.63) is 65.9 Å². The van der Waals surface area contributed by atoms with E-state index < -0.39 is 12.1 Å². The molecule has 1 aliphatic rings. The molecular formula is C24H27N3O4. The second-order valence-electron chi connectivity index (χ2n) is 7.72. The Labute approximate surface area is 181 Å². The molecule has 1 amide bonds. The van der Waals surface area contributed by atoms with Crippen molar-refractivity contribution in [2.75, 3.05) is 19.7 Å². The molecule has 1 saturated heterocycles. The van der Waals surface area contributed by atoms with Crippen molar-refractivity contribution >= 4 is 23.0 Å². The molecule has 0 spiro atoms. The summed E-state index contributed by atoms with van der Waals surface area (Å²) in [7, 11) is 0. The van der Waals surface area contributed by atoms with Crippen LogP contribution in [0.3, 0.4) is 0 Å². The van der Waals surface area contributed by atoms with Crippen LogP contribution in [0, 0.1) is 0 Å². The van der Waals surface area contributed by atoms with Crippen LogP contribution in [0.25, 0.3) is 10.9 Å². The topological polar surface area (TPSA) is 83.7 Å². The smallest absolute Gasteiger partial charge is 0.412 e.